The number of pyridine rings is 2. The predicted molar refractivity (Wildman–Crippen MR) is 98.3 cm³/mol. The molecule has 0 aliphatic carbocycles. The fourth-order valence-electron chi connectivity index (χ4n) is 3.40. The van der Waals surface area contributed by atoms with E-state index in [9.17, 15) is 18.0 Å². The zero-order valence-electron chi connectivity index (χ0n) is 15.1. The quantitative estimate of drug-likeness (QED) is 0.724. The van der Waals surface area contributed by atoms with E-state index in [1.807, 2.05) is 0 Å². The van der Waals surface area contributed by atoms with Crippen molar-refractivity contribution in [2.45, 2.75) is 18.1 Å². The highest BCUT2D eigenvalue weighted by atomic mass is 19.4. The van der Waals surface area contributed by atoms with E-state index >= 15 is 0 Å². The maximum atomic E-state index is 13.0. The molecule has 4 rings (SSSR count). The fourth-order valence-corrected chi connectivity index (χ4v) is 3.40. The van der Waals surface area contributed by atoms with Gasteiger partial charge in [0.05, 0.1) is 6.61 Å². The summed E-state index contributed by atoms with van der Waals surface area (Å²) in [5.41, 5.74) is -0.913. The number of nitrogens with one attached hydrogen (secondary N) is 1. The predicted octanol–water partition coefficient (Wildman–Crippen LogP) is 3.95. The summed E-state index contributed by atoms with van der Waals surface area (Å²) in [4.78, 5) is 20.9. The van der Waals surface area contributed by atoms with Crippen LogP contribution >= 0.6 is 0 Å². The first-order valence-electron chi connectivity index (χ1n) is 8.90. The lowest BCUT2D eigenvalue weighted by Gasteiger charge is -2.38. The molecular formula is C21H16F3N3O2. The van der Waals surface area contributed by atoms with Crippen LogP contribution in [0.4, 0.5) is 13.2 Å². The summed E-state index contributed by atoms with van der Waals surface area (Å²) in [6.45, 7) is 0.259. The molecule has 5 nitrogen and oxygen atoms in total. The van der Waals surface area contributed by atoms with Crippen LogP contribution in [0.5, 0.6) is 5.75 Å². The summed E-state index contributed by atoms with van der Waals surface area (Å²) in [5, 5.41) is 2.98. The molecule has 2 aromatic heterocycles. The van der Waals surface area contributed by atoms with E-state index in [2.05, 4.69) is 15.3 Å². The number of aromatic nitrogens is 2. The summed E-state index contributed by atoms with van der Waals surface area (Å²) in [6.07, 6.45) is -1.57. The minimum atomic E-state index is -4.55. The number of fused-ring (bicyclic) bond motifs is 1. The number of ether oxygens (including phenoxy) is 1. The van der Waals surface area contributed by atoms with Gasteiger partial charge in [-0.15, -0.1) is 0 Å². The van der Waals surface area contributed by atoms with Crippen molar-refractivity contribution in [3.05, 3.63) is 89.5 Å². The molecule has 1 aliphatic heterocycles. The van der Waals surface area contributed by atoms with Gasteiger partial charge in [-0.25, -0.2) is 0 Å². The van der Waals surface area contributed by atoms with Crippen molar-refractivity contribution in [3.63, 3.8) is 0 Å². The maximum absolute atomic E-state index is 13.0. The first kappa shape index (κ1) is 18.9. The van der Waals surface area contributed by atoms with Crippen molar-refractivity contribution in [3.8, 4) is 5.75 Å². The zero-order valence-corrected chi connectivity index (χ0v) is 15.1. The molecular weight excluding hydrogens is 383 g/mol. The van der Waals surface area contributed by atoms with Crippen LogP contribution in [0.15, 0.2) is 67.0 Å². The monoisotopic (exact) mass is 399 g/mol. The van der Waals surface area contributed by atoms with E-state index in [0.717, 1.165) is 12.3 Å². The third-order valence-corrected chi connectivity index (χ3v) is 4.82. The summed E-state index contributed by atoms with van der Waals surface area (Å²) < 4.78 is 44.5. The van der Waals surface area contributed by atoms with E-state index in [1.54, 1.807) is 48.7 Å². The largest absolute Gasteiger partial charge is 0.491 e. The second-order valence-electron chi connectivity index (χ2n) is 6.60. The SMILES string of the molecule is O=C(N[C@@]1(c2ccc(C(F)(F)F)nc2)CCOc2cccnc21)c1ccccc1. The molecule has 0 saturated carbocycles. The molecule has 29 heavy (non-hydrogen) atoms. The Morgan fingerprint density at radius 2 is 1.83 bits per heavy atom. The number of rotatable bonds is 3. The van der Waals surface area contributed by atoms with Crippen LogP contribution in [0.2, 0.25) is 0 Å². The molecule has 0 saturated heterocycles. The number of carbonyl (C=O) groups excluding carboxylic acids is 1. The average Bonchev–Trinajstić information content (AvgIpc) is 2.74. The van der Waals surface area contributed by atoms with Crippen LogP contribution in [-0.4, -0.2) is 22.5 Å². The van der Waals surface area contributed by atoms with Gasteiger partial charge in [0.1, 0.15) is 22.7 Å². The maximum Gasteiger partial charge on any atom is 0.433 e. The van der Waals surface area contributed by atoms with Gasteiger partial charge in [0, 0.05) is 29.9 Å². The van der Waals surface area contributed by atoms with Crippen molar-refractivity contribution in [2.75, 3.05) is 6.61 Å². The lowest BCUT2D eigenvalue weighted by atomic mass is 9.81. The van der Waals surface area contributed by atoms with Crippen LogP contribution in [0, 0.1) is 0 Å². The number of alkyl halides is 3. The van der Waals surface area contributed by atoms with Gasteiger partial charge in [-0.1, -0.05) is 24.3 Å². The topological polar surface area (TPSA) is 64.1 Å². The van der Waals surface area contributed by atoms with Gasteiger partial charge in [0.15, 0.2) is 0 Å². The Labute approximate surface area is 164 Å². The smallest absolute Gasteiger partial charge is 0.433 e. The summed E-state index contributed by atoms with van der Waals surface area (Å²) in [6, 6.07) is 14.2. The Hall–Kier alpha value is -3.42. The van der Waals surface area contributed by atoms with E-state index in [-0.39, 0.29) is 12.5 Å². The lowest BCUT2D eigenvalue weighted by molar-refractivity contribution is -0.141. The third-order valence-electron chi connectivity index (χ3n) is 4.82. The second kappa shape index (κ2) is 7.20. The standard InChI is InChI=1S/C21H16F3N3O2/c22-21(23,24)17-9-8-15(13-26-17)20(27-19(28)14-5-2-1-3-6-14)10-12-29-16-7-4-11-25-18(16)20/h1-9,11,13H,10,12H2,(H,27,28)/t20-/m1/s1. The Morgan fingerprint density at radius 1 is 1.03 bits per heavy atom. The highest BCUT2D eigenvalue weighted by Gasteiger charge is 2.43. The molecule has 8 heteroatoms. The highest BCUT2D eigenvalue weighted by molar-refractivity contribution is 5.95. The number of amides is 1. The second-order valence-corrected chi connectivity index (χ2v) is 6.60. The van der Waals surface area contributed by atoms with E-state index < -0.39 is 17.4 Å². The van der Waals surface area contributed by atoms with Gasteiger partial charge in [-0.2, -0.15) is 13.2 Å². The molecule has 0 radical (unpaired) electrons. The molecule has 0 unspecified atom stereocenters. The van der Waals surface area contributed by atoms with E-state index in [1.165, 1.54) is 6.07 Å². The Morgan fingerprint density at radius 3 is 2.52 bits per heavy atom. The molecule has 148 valence electrons. The minimum absolute atomic E-state index is 0.259. The minimum Gasteiger partial charge on any atom is -0.491 e. The highest BCUT2D eigenvalue weighted by Crippen LogP contribution is 2.41. The van der Waals surface area contributed by atoms with Crippen LogP contribution in [0.25, 0.3) is 0 Å². The van der Waals surface area contributed by atoms with Gasteiger partial charge in [-0.05, 0) is 30.3 Å². The first-order chi connectivity index (χ1) is 13.9. The molecule has 1 amide bonds. The van der Waals surface area contributed by atoms with Crippen molar-refractivity contribution in [2.24, 2.45) is 0 Å². The third kappa shape index (κ3) is 3.53. The summed E-state index contributed by atoms with van der Waals surface area (Å²) in [5.74, 6) is 0.0935. The Kier molecular flexibility index (Phi) is 4.70. The van der Waals surface area contributed by atoms with Crippen molar-refractivity contribution in [1.82, 2.24) is 15.3 Å². The Balaban J connectivity index is 1.82. The number of hydrogen-bond acceptors (Lipinski definition) is 4. The summed E-state index contributed by atoms with van der Waals surface area (Å²) in [7, 11) is 0. The molecule has 1 aliphatic rings. The van der Waals surface area contributed by atoms with Gasteiger partial charge >= 0.3 is 6.18 Å². The lowest BCUT2D eigenvalue weighted by Crippen LogP contribution is -2.50. The number of hydrogen-bond donors (Lipinski definition) is 1. The van der Waals surface area contributed by atoms with Gasteiger partial charge < -0.3 is 10.1 Å². The number of carbonyl (C=O) groups is 1. The zero-order chi connectivity index (χ0) is 20.5. The molecule has 0 spiro atoms. The van der Waals surface area contributed by atoms with Crippen LogP contribution < -0.4 is 10.1 Å². The van der Waals surface area contributed by atoms with Gasteiger partial charge in [-0.3, -0.25) is 14.8 Å². The first-order valence-corrected chi connectivity index (χ1v) is 8.90. The average molecular weight is 399 g/mol. The molecule has 1 aromatic carbocycles. The molecule has 3 heterocycles. The normalized spacial score (nSPS) is 18.4. The van der Waals surface area contributed by atoms with Crippen molar-refractivity contribution >= 4 is 5.91 Å². The summed E-state index contributed by atoms with van der Waals surface area (Å²) >= 11 is 0. The number of halogens is 3. The van der Waals surface area contributed by atoms with Gasteiger partial charge in [0.2, 0.25) is 0 Å². The van der Waals surface area contributed by atoms with E-state index in [4.69, 9.17) is 4.74 Å². The van der Waals surface area contributed by atoms with Crippen molar-refractivity contribution in [1.29, 1.82) is 0 Å². The van der Waals surface area contributed by atoms with Crippen LogP contribution in [0.1, 0.15) is 33.7 Å². The Bertz CT molecular complexity index is 1020. The number of nitrogens with zero attached hydrogens (tertiary/aromatic N) is 2. The molecule has 0 fully saturated rings. The van der Waals surface area contributed by atoms with E-state index in [0.29, 0.717) is 29.0 Å². The molecule has 0 bridgehead atoms. The van der Waals surface area contributed by atoms with Crippen LogP contribution in [0.3, 0.4) is 0 Å². The number of benzene rings is 1. The fraction of sp³-hybridized carbons (Fsp3) is 0.190. The van der Waals surface area contributed by atoms with Crippen LogP contribution in [-0.2, 0) is 11.7 Å². The molecule has 1 N–H and O–H groups in total. The van der Waals surface area contributed by atoms with Gasteiger partial charge in [0.25, 0.3) is 5.91 Å². The van der Waals surface area contributed by atoms with Crippen molar-refractivity contribution < 1.29 is 22.7 Å². The molecule has 1 atom stereocenters. The molecule has 3 aromatic rings.